The first-order chi connectivity index (χ1) is 7.68. The fourth-order valence-corrected chi connectivity index (χ4v) is 1.11. The lowest BCUT2D eigenvalue weighted by Gasteiger charge is -2.10. The summed E-state index contributed by atoms with van der Waals surface area (Å²) in [5.74, 6) is 0.251. The van der Waals surface area contributed by atoms with Crippen LogP contribution in [0.4, 0.5) is 0 Å². The molecule has 0 bridgehead atoms. The highest BCUT2D eigenvalue weighted by Crippen LogP contribution is 2.01. The molecule has 1 amide bonds. The van der Waals surface area contributed by atoms with Gasteiger partial charge in [0, 0.05) is 6.54 Å². The van der Waals surface area contributed by atoms with Crippen molar-refractivity contribution in [2.24, 2.45) is 5.73 Å². The van der Waals surface area contributed by atoms with Crippen LogP contribution in [-0.4, -0.2) is 36.8 Å². The average molecular weight is 228 g/mol. The minimum absolute atomic E-state index is 0.0508. The normalized spacial score (nSPS) is 12.6. The molecule has 0 saturated carbocycles. The van der Waals surface area contributed by atoms with E-state index in [0.29, 0.717) is 12.4 Å². The molecule has 0 fully saturated rings. The van der Waals surface area contributed by atoms with Gasteiger partial charge >= 0.3 is 0 Å². The van der Waals surface area contributed by atoms with E-state index in [-0.39, 0.29) is 19.7 Å². The van der Waals surface area contributed by atoms with Crippen LogP contribution in [0.1, 0.15) is 5.76 Å². The number of nitrogens with two attached hydrogens (primary N) is 1. The van der Waals surface area contributed by atoms with Crippen LogP contribution in [0.3, 0.4) is 0 Å². The van der Waals surface area contributed by atoms with Gasteiger partial charge in [-0.25, -0.2) is 0 Å². The number of ether oxygens (including phenoxy) is 1. The maximum Gasteiger partial charge on any atom is 0.231 e. The number of nitrogens with one attached hydrogen (secondary N) is 1. The lowest BCUT2D eigenvalue weighted by molar-refractivity contribution is -0.117. The van der Waals surface area contributed by atoms with E-state index in [4.69, 9.17) is 14.9 Å². The third-order valence-electron chi connectivity index (χ3n) is 1.81. The van der Waals surface area contributed by atoms with E-state index < -0.39 is 12.0 Å². The Morgan fingerprint density at radius 2 is 2.50 bits per heavy atom. The fraction of sp³-hybridized carbons (Fsp3) is 0.500. The Morgan fingerprint density at radius 3 is 3.12 bits per heavy atom. The lowest BCUT2D eigenvalue weighted by Crippen LogP contribution is -2.36. The van der Waals surface area contributed by atoms with Gasteiger partial charge < -0.3 is 25.3 Å². The number of aliphatic hydroxyl groups excluding tert-OH is 1. The quantitative estimate of drug-likeness (QED) is 0.543. The third kappa shape index (κ3) is 5.50. The van der Waals surface area contributed by atoms with Gasteiger partial charge in [0.2, 0.25) is 5.91 Å². The van der Waals surface area contributed by atoms with E-state index in [1.165, 1.54) is 0 Å². The Morgan fingerprint density at radius 1 is 1.69 bits per heavy atom. The molecule has 0 radical (unpaired) electrons. The number of furan rings is 1. The fourth-order valence-electron chi connectivity index (χ4n) is 1.11. The zero-order chi connectivity index (χ0) is 11.8. The molecule has 0 aliphatic carbocycles. The van der Waals surface area contributed by atoms with Crippen molar-refractivity contribution in [2.45, 2.75) is 12.7 Å². The van der Waals surface area contributed by atoms with Crippen LogP contribution in [-0.2, 0) is 16.1 Å². The molecule has 6 heteroatoms. The molecular weight excluding hydrogens is 212 g/mol. The van der Waals surface area contributed by atoms with Crippen molar-refractivity contribution in [3.63, 3.8) is 0 Å². The second-order valence-corrected chi connectivity index (χ2v) is 3.35. The zero-order valence-electron chi connectivity index (χ0n) is 8.89. The molecule has 0 spiro atoms. The van der Waals surface area contributed by atoms with Gasteiger partial charge in [0.05, 0.1) is 25.5 Å². The van der Waals surface area contributed by atoms with Crippen LogP contribution in [0, 0.1) is 0 Å². The Labute approximate surface area is 93.4 Å². The van der Waals surface area contributed by atoms with Crippen molar-refractivity contribution >= 4 is 5.91 Å². The number of carbonyl (C=O) groups is 1. The highest BCUT2D eigenvalue weighted by Gasteiger charge is 2.05. The summed E-state index contributed by atoms with van der Waals surface area (Å²) in [5.41, 5.74) is 4.92. The monoisotopic (exact) mass is 228 g/mol. The summed E-state index contributed by atoms with van der Waals surface area (Å²) in [6.45, 7) is 0.808. The van der Waals surface area contributed by atoms with Gasteiger partial charge in [-0.15, -0.1) is 0 Å². The van der Waals surface area contributed by atoms with E-state index >= 15 is 0 Å². The molecule has 0 aliphatic heterocycles. The van der Waals surface area contributed by atoms with E-state index in [1.807, 2.05) is 0 Å². The number of carbonyl (C=O) groups excluding carboxylic acids is 1. The van der Waals surface area contributed by atoms with E-state index in [1.54, 1.807) is 18.4 Å². The molecule has 1 atom stereocenters. The van der Waals surface area contributed by atoms with Crippen molar-refractivity contribution in [2.75, 3.05) is 19.7 Å². The standard InChI is InChI=1S/C10H16N2O4/c11-10(14)5-12-4-8(13)6-15-7-9-2-1-3-16-9/h1-3,8,12-13H,4-7H2,(H2,11,14). The van der Waals surface area contributed by atoms with Crippen LogP contribution >= 0.6 is 0 Å². The van der Waals surface area contributed by atoms with Crippen LogP contribution in [0.15, 0.2) is 22.8 Å². The predicted octanol–water partition coefficient (Wildman–Crippen LogP) is -0.768. The van der Waals surface area contributed by atoms with Gasteiger partial charge in [-0.3, -0.25) is 4.79 Å². The van der Waals surface area contributed by atoms with Gasteiger partial charge in [0.25, 0.3) is 0 Å². The number of rotatable bonds is 8. The molecule has 1 heterocycles. The summed E-state index contributed by atoms with van der Waals surface area (Å²) in [4.78, 5) is 10.4. The number of aliphatic hydroxyl groups is 1. The summed E-state index contributed by atoms with van der Waals surface area (Å²) >= 11 is 0. The van der Waals surface area contributed by atoms with E-state index in [2.05, 4.69) is 5.32 Å². The highest BCUT2D eigenvalue weighted by atomic mass is 16.5. The second-order valence-electron chi connectivity index (χ2n) is 3.35. The summed E-state index contributed by atoms with van der Waals surface area (Å²) in [7, 11) is 0. The molecule has 1 rings (SSSR count). The number of amides is 1. The molecule has 1 aromatic rings. The van der Waals surface area contributed by atoms with Crippen molar-refractivity contribution < 1.29 is 19.1 Å². The Bertz CT molecular complexity index is 300. The third-order valence-corrected chi connectivity index (χ3v) is 1.81. The molecule has 16 heavy (non-hydrogen) atoms. The first-order valence-electron chi connectivity index (χ1n) is 4.95. The van der Waals surface area contributed by atoms with Crippen LogP contribution in [0.25, 0.3) is 0 Å². The summed E-state index contributed by atoms with van der Waals surface area (Å²) < 4.78 is 10.2. The lowest BCUT2D eigenvalue weighted by atomic mass is 10.3. The Kier molecular flexibility index (Phi) is 5.55. The van der Waals surface area contributed by atoms with Crippen molar-refractivity contribution in [1.82, 2.24) is 5.32 Å². The molecular formula is C10H16N2O4. The Hall–Kier alpha value is -1.37. The summed E-state index contributed by atoms with van der Waals surface area (Å²) in [6.07, 6.45) is 0.887. The molecule has 0 aliphatic rings. The largest absolute Gasteiger partial charge is 0.467 e. The van der Waals surface area contributed by atoms with Crippen LogP contribution in [0.2, 0.25) is 0 Å². The predicted molar refractivity (Wildman–Crippen MR) is 56.4 cm³/mol. The number of hydrogen-bond acceptors (Lipinski definition) is 5. The maximum absolute atomic E-state index is 10.4. The molecule has 6 nitrogen and oxygen atoms in total. The first kappa shape index (κ1) is 12.7. The molecule has 90 valence electrons. The molecule has 4 N–H and O–H groups in total. The molecule has 1 unspecified atom stereocenters. The maximum atomic E-state index is 10.4. The molecule has 0 aromatic carbocycles. The van der Waals surface area contributed by atoms with Crippen molar-refractivity contribution in [3.8, 4) is 0 Å². The minimum atomic E-state index is -0.672. The minimum Gasteiger partial charge on any atom is -0.467 e. The van der Waals surface area contributed by atoms with Crippen LogP contribution < -0.4 is 11.1 Å². The number of hydrogen-bond donors (Lipinski definition) is 3. The topological polar surface area (TPSA) is 97.7 Å². The van der Waals surface area contributed by atoms with Gasteiger partial charge in [-0.2, -0.15) is 0 Å². The SMILES string of the molecule is NC(=O)CNCC(O)COCc1ccco1. The molecule has 0 saturated heterocycles. The van der Waals surface area contributed by atoms with Crippen molar-refractivity contribution in [1.29, 1.82) is 0 Å². The van der Waals surface area contributed by atoms with Gasteiger partial charge in [-0.05, 0) is 12.1 Å². The van der Waals surface area contributed by atoms with Gasteiger partial charge in [0.15, 0.2) is 0 Å². The molecule has 1 aromatic heterocycles. The zero-order valence-corrected chi connectivity index (χ0v) is 8.89. The smallest absolute Gasteiger partial charge is 0.231 e. The summed E-state index contributed by atoms with van der Waals surface area (Å²) in [5, 5.41) is 12.1. The first-order valence-corrected chi connectivity index (χ1v) is 4.95. The second kappa shape index (κ2) is 7.00. The van der Waals surface area contributed by atoms with Crippen LogP contribution in [0.5, 0.6) is 0 Å². The number of primary amides is 1. The Balaban J connectivity index is 2.02. The average Bonchev–Trinajstić information content (AvgIpc) is 2.70. The summed E-state index contributed by atoms with van der Waals surface area (Å²) in [6, 6.07) is 3.56. The van der Waals surface area contributed by atoms with Gasteiger partial charge in [-0.1, -0.05) is 0 Å². The van der Waals surface area contributed by atoms with Gasteiger partial charge in [0.1, 0.15) is 12.4 Å². The van der Waals surface area contributed by atoms with E-state index in [0.717, 1.165) is 0 Å². The van der Waals surface area contributed by atoms with E-state index in [9.17, 15) is 9.90 Å². The van der Waals surface area contributed by atoms with Crippen molar-refractivity contribution in [3.05, 3.63) is 24.2 Å². The highest BCUT2D eigenvalue weighted by molar-refractivity contribution is 5.75.